The quantitative estimate of drug-likeness (QED) is 0.328. The summed E-state index contributed by atoms with van der Waals surface area (Å²) >= 11 is 0. The molecule has 1 atom stereocenters. The number of fused-ring (bicyclic) bond motifs is 1. The van der Waals surface area contributed by atoms with Crippen molar-refractivity contribution in [1.82, 2.24) is 0 Å². The molecule has 0 fully saturated rings. The summed E-state index contributed by atoms with van der Waals surface area (Å²) in [7, 11) is 0. The third-order valence-corrected chi connectivity index (χ3v) is 6.38. The van der Waals surface area contributed by atoms with Crippen molar-refractivity contribution >= 4 is 29.2 Å². The molecule has 1 aliphatic carbocycles. The molecule has 192 valence electrons. The minimum atomic E-state index is -4.57. The van der Waals surface area contributed by atoms with Crippen LogP contribution in [-0.4, -0.2) is 22.9 Å². The number of aliphatic carboxylic acids is 1. The number of rotatable bonds is 5. The second-order valence-corrected chi connectivity index (χ2v) is 9.18. The van der Waals surface area contributed by atoms with Gasteiger partial charge in [0.1, 0.15) is 5.82 Å². The zero-order chi connectivity index (χ0) is 27.0. The van der Waals surface area contributed by atoms with E-state index in [0.717, 1.165) is 23.8 Å². The predicted octanol–water partition coefficient (Wildman–Crippen LogP) is 6.77. The number of hydrogen-bond acceptors (Lipinski definition) is 3. The van der Waals surface area contributed by atoms with Gasteiger partial charge in [-0.1, -0.05) is 37.3 Å². The van der Waals surface area contributed by atoms with Gasteiger partial charge in [-0.3, -0.25) is 9.59 Å². The van der Waals surface area contributed by atoms with E-state index in [9.17, 15) is 31.9 Å². The van der Waals surface area contributed by atoms with Crippen LogP contribution in [0.15, 0.2) is 60.7 Å². The number of benzene rings is 3. The molecule has 0 aliphatic heterocycles. The van der Waals surface area contributed by atoms with Gasteiger partial charge in [-0.15, -0.1) is 0 Å². The summed E-state index contributed by atoms with van der Waals surface area (Å²) in [5.41, 5.74) is 0.117. The van der Waals surface area contributed by atoms with Crippen molar-refractivity contribution in [1.29, 1.82) is 0 Å². The van der Waals surface area contributed by atoms with E-state index in [1.165, 1.54) is 18.2 Å². The lowest BCUT2D eigenvalue weighted by Gasteiger charge is -2.32. The summed E-state index contributed by atoms with van der Waals surface area (Å²) < 4.78 is 53.4. The Morgan fingerprint density at radius 1 is 1.00 bits per heavy atom. The molecule has 0 spiro atoms. The highest BCUT2D eigenvalue weighted by atomic mass is 19.4. The number of Topliss-reactive ketones (excluding diaryl/α,β-unsaturated/α-hetero) is 1. The van der Waals surface area contributed by atoms with Crippen molar-refractivity contribution in [2.24, 2.45) is 5.41 Å². The van der Waals surface area contributed by atoms with Crippen LogP contribution in [0.25, 0.3) is 11.1 Å². The highest BCUT2D eigenvalue weighted by molar-refractivity contribution is 6.04. The van der Waals surface area contributed by atoms with Crippen LogP contribution in [-0.2, 0) is 17.4 Å². The molecular formula is C27H22F4N2O4. The highest BCUT2D eigenvalue weighted by Gasteiger charge is 2.40. The first-order chi connectivity index (χ1) is 17.4. The van der Waals surface area contributed by atoms with Crippen LogP contribution >= 0.6 is 0 Å². The Balaban J connectivity index is 1.48. The van der Waals surface area contributed by atoms with Gasteiger partial charge in [-0.25, -0.2) is 9.18 Å². The van der Waals surface area contributed by atoms with Crippen molar-refractivity contribution in [3.05, 3.63) is 83.2 Å². The fraction of sp³-hybridized carbons (Fsp3) is 0.222. The third kappa shape index (κ3) is 5.63. The smallest absolute Gasteiger partial charge is 0.416 e. The molecule has 1 aliphatic rings. The molecular weight excluding hydrogens is 492 g/mol. The Hall–Kier alpha value is -4.21. The van der Waals surface area contributed by atoms with Gasteiger partial charge >= 0.3 is 18.2 Å². The van der Waals surface area contributed by atoms with Crippen LogP contribution < -0.4 is 10.6 Å². The second kappa shape index (κ2) is 9.68. The van der Waals surface area contributed by atoms with E-state index in [2.05, 4.69) is 10.6 Å². The summed E-state index contributed by atoms with van der Waals surface area (Å²) in [6.45, 7) is 1.64. The van der Waals surface area contributed by atoms with E-state index in [-0.39, 0.29) is 23.6 Å². The van der Waals surface area contributed by atoms with E-state index >= 15 is 0 Å². The predicted molar refractivity (Wildman–Crippen MR) is 129 cm³/mol. The first-order valence-corrected chi connectivity index (χ1v) is 11.3. The normalized spacial score (nSPS) is 17.2. The number of carboxylic acid groups (broad SMARTS) is 1. The van der Waals surface area contributed by atoms with Gasteiger partial charge in [0.25, 0.3) is 0 Å². The molecule has 0 bridgehead atoms. The Bertz CT molecular complexity index is 1400. The number of alkyl halides is 3. The fourth-order valence-corrected chi connectivity index (χ4v) is 4.41. The number of aryl methyl sites for hydroxylation is 1. The summed E-state index contributed by atoms with van der Waals surface area (Å²) in [6.07, 6.45) is -3.95. The molecule has 2 amide bonds. The van der Waals surface area contributed by atoms with Crippen molar-refractivity contribution in [2.45, 2.75) is 32.4 Å². The summed E-state index contributed by atoms with van der Waals surface area (Å²) in [4.78, 5) is 36.3. The molecule has 0 radical (unpaired) electrons. The number of carbonyl (C=O) groups is 3. The SMILES string of the molecule is CC1(CC(=O)O)CCc2cc(-c3ccc(NC(=O)Nc4cccc(C(F)(F)F)c4)c(F)c3)ccc2C1=O. The number of nitrogens with one attached hydrogen (secondary N) is 2. The lowest BCUT2D eigenvalue weighted by Crippen LogP contribution is -2.35. The summed E-state index contributed by atoms with van der Waals surface area (Å²) in [6, 6.07) is 12.2. The number of urea groups is 1. The lowest BCUT2D eigenvalue weighted by atomic mass is 9.69. The third-order valence-electron chi connectivity index (χ3n) is 6.38. The molecule has 37 heavy (non-hydrogen) atoms. The highest BCUT2D eigenvalue weighted by Crippen LogP contribution is 2.39. The van der Waals surface area contributed by atoms with Crippen LogP contribution in [0.5, 0.6) is 0 Å². The summed E-state index contributed by atoms with van der Waals surface area (Å²) in [5, 5.41) is 13.7. The van der Waals surface area contributed by atoms with Crippen molar-refractivity contribution < 1.29 is 37.1 Å². The van der Waals surface area contributed by atoms with Gasteiger partial charge in [-0.05, 0) is 59.9 Å². The monoisotopic (exact) mass is 514 g/mol. The Morgan fingerprint density at radius 3 is 2.38 bits per heavy atom. The maximum atomic E-state index is 14.8. The van der Waals surface area contributed by atoms with Crippen LogP contribution in [0.4, 0.5) is 33.7 Å². The standard InChI is InChI=1S/C27H22F4N2O4/c1-26(14-23(34)35)10-9-17-11-15(5-7-20(17)24(26)36)16-6-8-22(21(28)12-16)33-25(37)32-19-4-2-3-18(13-19)27(29,30)31/h2-8,11-13H,9-10,14H2,1H3,(H,34,35)(H2,32,33,37). The topological polar surface area (TPSA) is 95.5 Å². The van der Waals surface area contributed by atoms with Gasteiger partial charge in [0.05, 0.1) is 17.7 Å². The van der Waals surface area contributed by atoms with E-state index in [0.29, 0.717) is 29.5 Å². The second-order valence-electron chi connectivity index (χ2n) is 9.18. The van der Waals surface area contributed by atoms with Crippen molar-refractivity contribution in [3.63, 3.8) is 0 Å². The van der Waals surface area contributed by atoms with E-state index < -0.39 is 35.0 Å². The van der Waals surface area contributed by atoms with E-state index in [1.54, 1.807) is 31.2 Å². The molecule has 4 rings (SSSR count). The Morgan fingerprint density at radius 2 is 1.70 bits per heavy atom. The average Bonchev–Trinajstić information content (AvgIpc) is 2.82. The number of halogens is 4. The molecule has 3 aromatic rings. The number of carboxylic acids is 1. The first-order valence-electron chi connectivity index (χ1n) is 11.3. The molecule has 3 N–H and O–H groups in total. The number of anilines is 2. The number of hydrogen-bond donors (Lipinski definition) is 3. The lowest BCUT2D eigenvalue weighted by molar-refractivity contribution is -0.139. The van der Waals surface area contributed by atoms with Crippen LogP contribution in [0.3, 0.4) is 0 Å². The number of ketones is 1. The van der Waals surface area contributed by atoms with Gasteiger partial charge in [0.2, 0.25) is 0 Å². The maximum absolute atomic E-state index is 14.8. The molecule has 0 heterocycles. The van der Waals surface area contributed by atoms with Crippen LogP contribution in [0.1, 0.15) is 41.3 Å². The summed E-state index contributed by atoms with van der Waals surface area (Å²) in [5.74, 6) is -2.04. The maximum Gasteiger partial charge on any atom is 0.416 e. The molecule has 3 aromatic carbocycles. The van der Waals surface area contributed by atoms with Crippen LogP contribution in [0, 0.1) is 11.2 Å². The van der Waals surface area contributed by atoms with Gasteiger partial charge in [0.15, 0.2) is 5.78 Å². The molecule has 6 nitrogen and oxygen atoms in total. The van der Waals surface area contributed by atoms with Gasteiger partial charge < -0.3 is 15.7 Å². The largest absolute Gasteiger partial charge is 0.481 e. The van der Waals surface area contributed by atoms with Crippen molar-refractivity contribution in [3.8, 4) is 11.1 Å². The van der Waals surface area contributed by atoms with Crippen molar-refractivity contribution in [2.75, 3.05) is 10.6 Å². The average molecular weight is 514 g/mol. The zero-order valence-electron chi connectivity index (χ0n) is 19.6. The van der Waals surface area contributed by atoms with Gasteiger partial charge in [0, 0.05) is 16.7 Å². The van der Waals surface area contributed by atoms with E-state index in [4.69, 9.17) is 5.11 Å². The number of amides is 2. The minimum Gasteiger partial charge on any atom is -0.481 e. The minimum absolute atomic E-state index is 0.104. The fourth-order valence-electron chi connectivity index (χ4n) is 4.41. The Kier molecular flexibility index (Phi) is 6.77. The van der Waals surface area contributed by atoms with E-state index in [1.807, 2.05) is 0 Å². The Labute approximate surface area is 209 Å². The molecule has 0 aromatic heterocycles. The molecule has 1 unspecified atom stereocenters. The molecule has 0 saturated carbocycles. The van der Waals surface area contributed by atoms with Crippen LogP contribution in [0.2, 0.25) is 0 Å². The van der Waals surface area contributed by atoms with Gasteiger partial charge in [-0.2, -0.15) is 13.2 Å². The molecule has 10 heteroatoms. The molecule has 0 saturated heterocycles. The first kappa shape index (κ1) is 25.9. The number of carbonyl (C=O) groups excluding carboxylic acids is 2. The zero-order valence-corrected chi connectivity index (χ0v) is 19.6.